The van der Waals surface area contributed by atoms with Crippen molar-refractivity contribution in [2.24, 2.45) is 0 Å². The lowest BCUT2D eigenvalue weighted by Crippen LogP contribution is -2.16. The molecular weight excluding hydrogens is 482 g/mol. The van der Waals surface area contributed by atoms with E-state index in [9.17, 15) is 4.79 Å². The predicted molar refractivity (Wildman–Crippen MR) is 91.2 cm³/mol. The van der Waals surface area contributed by atoms with Crippen LogP contribution in [0.5, 0.6) is 0 Å². The number of carbonyl (C=O) groups excluding carboxylic acids is 1. The van der Waals surface area contributed by atoms with E-state index in [1.54, 1.807) is 6.92 Å². The van der Waals surface area contributed by atoms with Gasteiger partial charge in [0.2, 0.25) is 0 Å². The maximum Gasteiger partial charge on any atom is 0.301 e. The molecule has 0 spiro atoms. The summed E-state index contributed by atoms with van der Waals surface area (Å²) in [6, 6.07) is 9.40. The summed E-state index contributed by atoms with van der Waals surface area (Å²) in [6.07, 6.45) is 0. The molecule has 3 aromatic rings. The molecule has 0 aliphatic rings. The van der Waals surface area contributed by atoms with E-state index >= 15 is 0 Å². The van der Waals surface area contributed by atoms with Crippen LogP contribution in [-0.4, -0.2) is 30.7 Å². The minimum atomic E-state index is -0.363. The van der Waals surface area contributed by atoms with Crippen molar-refractivity contribution in [3.63, 3.8) is 0 Å². The molecule has 2 heterocycles. The molecule has 0 unspecified atom stereocenters. The van der Waals surface area contributed by atoms with Gasteiger partial charge in [-0.1, -0.05) is 18.2 Å². The summed E-state index contributed by atoms with van der Waals surface area (Å²) in [4.78, 5) is 14.0. The average molecular weight is 490 g/mol. The van der Waals surface area contributed by atoms with Crippen molar-refractivity contribution in [1.29, 1.82) is 0 Å². The number of carbonyl (C=O) groups is 1. The largest absolute Gasteiger partial charge is 0.301 e. The number of benzene rings is 1. The fourth-order valence-corrected chi connectivity index (χ4v) is 3.13. The zero-order valence-corrected chi connectivity index (χ0v) is 15.9. The van der Waals surface area contributed by atoms with Crippen molar-refractivity contribution in [3.8, 4) is 5.69 Å². The molecule has 2 aromatic heterocycles. The van der Waals surface area contributed by atoms with Crippen LogP contribution in [0.15, 0.2) is 44.0 Å². The van der Waals surface area contributed by atoms with Gasteiger partial charge in [0.05, 0.1) is 15.9 Å². The quantitative estimate of drug-likeness (QED) is 0.550. The Labute approximate surface area is 150 Å². The Hall–Kier alpha value is -1.32. The molecule has 0 aliphatic heterocycles. The molecule has 0 fully saturated rings. The Balaban J connectivity index is 2.04. The van der Waals surface area contributed by atoms with Crippen LogP contribution in [0, 0.1) is 6.92 Å². The highest BCUT2D eigenvalue weighted by Crippen LogP contribution is 2.30. The third kappa shape index (κ3) is 2.68. The summed E-state index contributed by atoms with van der Waals surface area (Å²) in [5.41, 5.74) is 1.56. The summed E-state index contributed by atoms with van der Waals surface area (Å²) in [7, 11) is 0. The normalized spacial score (nSPS) is 10.9. The van der Waals surface area contributed by atoms with E-state index < -0.39 is 0 Å². The average Bonchev–Trinajstić information content (AvgIpc) is 3.03. The van der Waals surface area contributed by atoms with Gasteiger partial charge < -0.3 is 0 Å². The van der Waals surface area contributed by atoms with Crippen LogP contribution in [0.3, 0.4) is 0 Å². The van der Waals surface area contributed by atoms with Crippen molar-refractivity contribution >= 4 is 53.7 Å². The van der Waals surface area contributed by atoms with Gasteiger partial charge in [-0.2, -0.15) is 19.7 Å². The lowest BCUT2D eigenvalue weighted by atomic mass is 10.3. The van der Waals surface area contributed by atoms with Gasteiger partial charge >= 0.3 is 5.91 Å². The van der Waals surface area contributed by atoms with E-state index in [0.717, 1.165) is 5.69 Å². The Kier molecular flexibility index (Phi) is 4.28. The van der Waals surface area contributed by atoms with E-state index in [1.165, 1.54) is 9.48 Å². The third-order valence-corrected chi connectivity index (χ3v) is 6.00. The van der Waals surface area contributed by atoms with Gasteiger partial charge in [0.1, 0.15) is 9.21 Å². The lowest BCUT2D eigenvalue weighted by molar-refractivity contribution is 0.0936. The first-order chi connectivity index (χ1) is 10.5. The van der Waals surface area contributed by atoms with Crippen molar-refractivity contribution in [3.05, 3.63) is 55.4 Å². The Morgan fingerprint density at radius 1 is 1.05 bits per heavy atom. The molecular formula is C13H8Br3N5O. The molecule has 3 rings (SSSR count). The molecule has 0 radical (unpaired) electrons. The van der Waals surface area contributed by atoms with Crippen LogP contribution in [0.4, 0.5) is 0 Å². The SMILES string of the molecule is Cc1nn(-c2ccccc2)nc1C(=O)n1nc(Br)c(Br)c1Br. The topological polar surface area (TPSA) is 65.6 Å². The number of rotatable bonds is 2. The molecule has 0 N–H and O–H groups in total. The Morgan fingerprint density at radius 2 is 1.73 bits per heavy atom. The summed E-state index contributed by atoms with van der Waals surface area (Å²) in [6.45, 7) is 1.74. The number of para-hydroxylation sites is 1. The van der Waals surface area contributed by atoms with Crippen LogP contribution in [-0.2, 0) is 0 Å². The zero-order chi connectivity index (χ0) is 15.9. The minimum absolute atomic E-state index is 0.243. The van der Waals surface area contributed by atoms with Crippen LogP contribution >= 0.6 is 47.8 Å². The maximum atomic E-state index is 12.6. The highest BCUT2D eigenvalue weighted by Gasteiger charge is 2.23. The number of halogens is 3. The Bertz CT molecular complexity index is 856. The highest BCUT2D eigenvalue weighted by atomic mass is 79.9. The van der Waals surface area contributed by atoms with E-state index in [-0.39, 0.29) is 11.6 Å². The van der Waals surface area contributed by atoms with Gasteiger partial charge in [0.15, 0.2) is 5.69 Å². The van der Waals surface area contributed by atoms with Crippen molar-refractivity contribution < 1.29 is 4.79 Å². The summed E-state index contributed by atoms with van der Waals surface area (Å²) in [5.74, 6) is -0.363. The Morgan fingerprint density at radius 3 is 2.32 bits per heavy atom. The molecule has 6 nitrogen and oxygen atoms in total. The molecule has 0 aliphatic carbocycles. The first-order valence-corrected chi connectivity index (χ1v) is 8.50. The standard InChI is InChI=1S/C13H8Br3N5O/c1-7-10(13(22)20-12(16)9(14)11(15)19-20)18-21(17-7)8-5-3-2-4-6-8/h2-6H,1H3. The number of nitrogens with zero attached hydrogens (tertiary/aromatic N) is 5. The van der Waals surface area contributed by atoms with Gasteiger partial charge in [-0.25, -0.2) is 0 Å². The van der Waals surface area contributed by atoms with Gasteiger partial charge in [0, 0.05) is 0 Å². The van der Waals surface area contributed by atoms with E-state index in [2.05, 4.69) is 63.1 Å². The number of aryl methyl sites for hydroxylation is 1. The summed E-state index contributed by atoms with van der Waals surface area (Å²) >= 11 is 9.92. The number of hydrogen-bond acceptors (Lipinski definition) is 4. The van der Waals surface area contributed by atoms with E-state index in [4.69, 9.17) is 0 Å². The van der Waals surface area contributed by atoms with Gasteiger partial charge in [0.25, 0.3) is 0 Å². The first kappa shape index (κ1) is 15.6. The maximum absolute atomic E-state index is 12.6. The number of hydrogen-bond donors (Lipinski definition) is 0. The second-order valence-corrected chi connectivity index (χ2v) is 6.67. The molecule has 0 atom stereocenters. The van der Waals surface area contributed by atoms with E-state index in [1.807, 2.05) is 30.3 Å². The highest BCUT2D eigenvalue weighted by molar-refractivity contribution is 9.14. The predicted octanol–water partition coefficient (Wildman–Crippen LogP) is 3.75. The molecule has 112 valence electrons. The lowest BCUT2D eigenvalue weighted by Gasteiger charge is -1.99. The first-order valence-electron chi connectivity index (χ1n) is 6.12. The minimum Gasteiger partial charge on any atom is -0.265 e. The molecule has 0 saturated carbocycles. The number of aromatic nitrogens is 5. The zero-order valence-electron chi connectivity index (χ0n) is 11.2. The molecule has 9 heteroatoms. The molecule has 0 bridgehead atoms. The second-order valence-electron chi connectivity index (χ2n) is 4.37. The van der Waals surface area contributed by atoms with Crippen LogP contribution in [0.2, 0.25) is 0 Å². The summed E-state index contributed by atoms with van der Waals surface area (Å²) in [5, 5.41) is 12.7. The van der Waals surface area contributed by atoms with Gasteiger partial charge in [-0.3, -0.25) is 4.79 Å². The van der Waals surface area contributed by atoms with Crippen molar-refractivity contribution in [2.45, 2.75) is 6.92 Å². The molecule has 22 heavy (non-hydrogen) atoms. The van der Waals surface area contributed by atoms with Crippen molar-refractivity contribution in [2.75, 3.05) is 0 Å². The van der Waals surface area contributed by atoms with Gasteiger partial charge in [-0.05, 0) is 66.8 Å². The molecule has 1 aromatic carbocycles. The molecule has 0 amide bonds. The fraction of sp³-hybridized carbons (Fsp3) is 0.0769. The second kappa shape index (κ2) is 6.05. The summed E-state index contributed by atoms with van der Waals surface area (Å²) < 4.78 is 2.92. The molecule has 0 saturated heterocycles. The van der Waals surface area contributed by atoms with Gasteiger partial charge in [-0.15, -0.1) is 5.10 Å². The van der Waals surface area contributed by atoms with E-state index in [0.29, 0.717) is 19.4 Å². The monoisotopic (exact) mass is 487 g/mol. The van der Waals surface area contributed by atoms with Crippen LogP contribution in [0.1, 0.15) is 16.2 Å². The van der Waals surface area contributed by atoms with Crippen molar-refractivity contribution in [1.82, 2.24) is 24.8 Å². The smallest absolute Gasteiger partial charge is 0.265 e. The fourth-order valence-electron chi connectivity index (χ4n) is 1.84. The third-order valence-electron chi connectivity index (χ3n) is 2.90. The van der Waals surface area contributed by atoms with Crippen LogP contribution < -0.4 is 0 Å². The van der Waals surface area contributed by atoms with Crippen LogP contribution in [0.25, 0.3) is 5.69 Å².